The van der Waals surface area contributed by atoms with Crippen molar-refractivity contribution in [1.29, 1.82) is 5.26 Å². The number of imidazole rings is 1. The molecule has 0 unspecified atom stereocenters. The molecule has 30 heavy (non-hydrogen) atoms. The Balaban J connectivity index is 1.42. The molecule has 0 aliphatic rings. The van der Waals surface area contributed by atoms with E-state index in [1.165, 1.54) is 21.8 Å². The summed E-state index contributed by atoms with van der Waals surface area (Å²) in [5, 5.41) is 16.5. The quantitative estimate of drug-likeness (QED) is 0.463. The Morgan fingerprint density at radius 3 is 2.80 bits per heavy atom. The van der Waals surface area contributed by atoms with E-state index >= 15 is 0 Å². The van der Waals surface area contributed by atoms with E-state index < -0.39 is 0 Å². The van der Waals surface area contributed by atoms with Crippen LogP contribution in [-0.2, 0) is 13.6 Å². The molecule has 146 valence electrons. The van der Waals surface area contributed by atoms with Gasteiger partial charge in [-0.25, -0.2) is 19.6 Å². The Morgan fingerprint density at radius 2 is 2.00 bits per heavy atom. The standard InChI is InChI=1S/C18H12N10O2/c1-27-14-15(25-26-27)21-9-28(18(14)29)8-12-22-16-17(23-12)24-13(7-20-16)30-11-4-2-10(6-19)3-5-11/h2-5,7,9H,8H2,1H3,(H,20,22,23,24). The molecular weight excluding hydrogens is 388 g/mol. The van der Waals surface area contributed by atoms with Crippen LogP contribution < -0.4 is 10.3 Å². The van der Waals surface area contributed by atoms with Gasteiger partial charge in [0.25, 0.3) is 5.56 Å². The summed E-state index contributed by atoms with van der Waals surface area (Å²) in [5.41, 5.74) is 1.66. The number of ether oxygens (including phenoxy) is 1. The zero-order valence-corrected chi connectivity index (χ0v) is 15.5. The van der Waals surface area contributed by atoms with Crippen molar-refractivity contribution < 1.29 is 4.74 Å². The number of aromatic amines is 1. The zero-order chi connectivity index (χ0) is 20.7. The Hall–Kier alpha value is -4.66. The number of H-pyrrole nitrogens is 1. The van der Waals surface area contributed by atoms with E-state index in [0.717, 1.165) is 0 Å². The van der Waals surface area contributed by atoms with Crippen LogP contribution in [0, 0.1) is 11.3 Å². The van der Waals surface area contributed by atoms with E-state index in [-0.39, 0.29) is 23.6 Å². The normalized spacial score (nSPS) is 11.1. The molecule has 12 nitrogen and oxygen atoms in total. The van der Waals surface area contributed by atoms with Gasteiger partial charge in [-0.1, -0.05) is 5.21 Å². The van der Waals surface area contributed by atoms with Crippen LogP contribution in [0.1, 0.15) is 11.4 Å². The second-order valence-corrected chi connectivity index (χ2v) is 6.37. The molecule has 5 aromatic rings. The molecule has 0 atom stereocenters. The van der Waals surface area contributed by atoms with Gasteiger partial charge in [-0.3, -0.25) is 9.36 Å². The van der Waals surface area contributed by atoms with E-state index in [1.54, 1.807) is 31.3 Å². The molecule has 0 bridgehead atoms. The van der Waals surface area contributed by atoms with Crippen molar-refractivity contribution in [1.82, 2.24) is 44.5 Å². The first kappa shape index (κ1) is 17.4. The van der Waals surface area contributed by atoms with Crippen LogP contribution >= 0.6 is 0 Å². The Kier molecular flexibility index (Phi) is 3.92. The van der Waals surface area contributed by atoms with Crippen LogP contribution in [0.4, 0.5) is 0 Å². The zero-order valence-electron chi connectivity index (χ0n) is 15.5. The lowest BCUT2D eigenvalue weighted by molar-refractivity contribution is 0.462. The van der Waals surface area contributed by atoms with E-state index in [1.807, 2.05) is 6.07 Å². The summed E-state index contributed by atoms with van der Waals surface area (Å²) in [5.74, 6) is 1.28. The van der Waals surface area contributed by atoms with Crippen molar-refractivity contribution >= 4 is 22.5 Å². The van der Waals surface area contributed by atoms with Crippen LogP contribution in [0.25, 0.3) is 22.5 Å². The van der Waals surface area contributed by atoms with Gasteiger partial charge >= 0.3 is 0 Å². The number of rotatable bonds is 4. The molecule has 12 heteroatoms. The fourth-order valence-electron chi connectivity index (χ4n) is 2.92. The maximum Gasteiger partial charge on any atom is 0.281 e. The highest BCUT2D eigenvalue weighted by Gasteiger charge is 2.13. The van der Waals surface area contributed by atoms with Gasteiger partial charge < -0.3 is 9.72 Å². The summed E-state index contributed by atoms with van der Waals surface area (Å²) < 4.78 is 8.46. The Morgan fingerprint density at radius 1 is 1.17 bits per heavy atom. The molecular formula is C18H12N10O2. The molecule has 0 spiro atoms. The highest BCUT2D eigenvalue weighted by atomic mass is 16.5. The molecule has 4 aromatic heterocycles. The second kappa shape index (κ2) is 6.74. The second-order valence-electron chi connectivity index (χ2n) is 6.37. The molecule has 0 aliphatic heterocycles. The predicted molar refractivity (Wildman–Crippen MR) is 103 cm³/mol. The molecule has 0 aliphatic carbocycles. The van der Waals surface area contributed by atoms with Crippen LogP contribution in [0.5, 0.6) is 11.6 Å². The predicted octanol–water partition coefficient (Wildman–Crippen LogP) is 0.904. The summed E-state index contributed by atoms with van der Waals surface area (Å²) in [4.78, 5) is 32.8. The van der Waals surface area contributed by atoms with Gasteiger partial charge in [-0.15, -0.1) is 5.10 Å². The summed E-state index contributed by atoms with van der Waals surface area (Å²) in [6.07, 6.45) is 2.85. The largest absolute Gasteiger partial charge is 0.437 e. The number of nitrogens with zero attached hydrogens (tertiary/aromatic N) is 9. The number of hydrogen-bond acceptors (Lipinski definition) is 9. The third-order valence-corrected chi connectivity index (χ3v) is 4.35. The summed E-state index contributed by atoms with van der Waals surface area (Å²) in [6, 6.07) is 8.69. The molecule has 0 saturated heterocycles. The summed E-state index contributed by atoms with van der Waals surface area (Å²) in [7, 11) is 1.63. The maximum absolute atomic E-state index is 12.6. The average molecular weight is 400 g/mol. The fraction of sp³-hybridized carbons (Fsp3) is 0.111. The number of fused-ring (bicyclic) bond motifs is 2. The van der Waals surface area contributed by atoms with Crippen molar-refractivity contribution in [2.45, 2.75) is 6.54 Å². The first-order valence-electron chi connectivity index (χ1n) is 8.75. The van der Waals surface area contributed by atoms with E-state index in [9.17, 15) is 4.79 Å². The number of aromatic nitrogens is 9. The molecule has 0 amide bonds. The van der Waals surface area contributed by atoms with E-state index in [2.05, 4.69) is 35.2 Å². The third-order valence-electron chi connectivity index (χ3n) is 4.35. The first-order chi connectivity index (χ1) is 14.6. The monoisotopic (exact) mass is 400 g/mol. The minimum absolute atomic E-state index is 0.150. The number of hydrogen-bond donors (Lipinski definition) is 1. The smallest absolute Gasteiger partial charge is 0.281 e. The van der Waals surface area contributed by atoms with Crippen molar-refractivity contribution in [3.05, 3.63) is 58.5 Å². The van der Waals surface area contributed by atoms with Crippen molar-refractivity contribution in [2.24, 2.45) is 7.05 Å². The molecule has 1 aromatic carbocycles. The minimum Gasteiger partial charge on any atom is -0.437 e. The minimum atomic E-state index is -0.279. The van der Waals surface area contributed by atoms with Crippen LogP contribution in [-0.4, -0.2) is 44.5 Å². The molecule has 1 N–H and O–H groups in total. The fourth-order valence-corrected chi connectivity index (χ4v) is 2.92. The number of nitriles is 1. The lowest BCUT2D eigenvalue weighted by atomic mass is 10.2. The Labute approximate surface area is 167 Å². The number of aryl methyl sites for hydroxylation is 1. The van der Waals surface area contributed by atoms with Crippen molar-refractivity contribution in [2.75, 3.05) is 0 Å². The number of benzene rings is 1. The van der Waals surface area contributed by atoms with Gasteiger partial charge in [0, 0.05) is 7.05 Å². The molecule has 5 rings (SSSR count). The molecule has 4 heterocycles. The summed E-state index contributed by atoms with van der Waals surface area (Å²) >= 11 is 0. The highest BCUT2D eigenvalue weighted by molar-refractivity contribution is 5.68. The molecule has 0 saturated carbocycles. The van der Waals surface area contributed by atoms with Crippen LogP contribution in [0.15, 0.2) is 41.6 Å². The first-order valence-corrected chi connectivity index (χ1v) is 8.75. The topological polar surface area (TPSA) is 153 Å². The molecule has 0 radical (unpaired) electrons. The van der Waals surface area contributed by atoms with E-state index in [0.29, 0.717) is 33.9 Å². The maximum atomic E-state index is 12.6. The molecule has 0 fully saturated rings. The van der Waals surface area contributed by atoms with Gasteiger partial charge in [-0.2, -0.15) is 10.2 Å². The number of nitrogens with one attached hydrogen (secondary N) is 1. The van der Waals surface area contributed by atoms with Crippen LogP contribution in [0.3, 0.4) is 0 Å². The van der Waals surface area contributed by atoms with E-state index in [4.69, 9.17) is 10.00 Å². The third kappa shape index (κ3) is 3.00. The van der Waals surface area contributed by atoms with Crippen LogP contribution in [0.2, 0.25) is 0 Å². The van der Waals surface area contributed by atoms with Gasteiger partial charge in [0.05, 0.1) is 24.4 Å². The average Bonchev–Trinajstić information content (AvgIpc) is 3.33. The van der Waals surface area contributed by atoms with Crippen molar-refractivity contribution in [3.63, 3.8) is 0 Å². The van der Waals surface area contributed by atoms with Gasteiger partial charge in [0.2, 0.25) is 11.5 Å². The highest BCUT2D eigenvalue weighted by Crippen LogP contribution is 2.20. The van der Waals surface area contributed by atoms with Gasteiger partial charge in [-0.05, 0) is 24.3 Å². The van der Waals surface area contributed by atoms with Gasteiger partial charge in [0.1, 0.15) is 17.9 Å². The SMILES string of the molecule is Cn1nnc2ncn(Cc3nc4ncc(Oc5ccc(C#N)cc5)nc4[nH]3)c(=O)c21. The Bertz CT molecular complexity index is 1490. The lowest BCUT2D eigenvalue weighted by Gasteiger charge is -2.03. The summed E-state index contributed by atoms with van der Waals surface area (Å²) in [6.45, 7) is 0.150. The van der Waals surface area contributed by atoms with Gasteiger partial charge in [0.15, 0.2) is 16.8 Å². The lowest BCUT2D eigenvalue weighted by Crippen LogP contribution is -2.23. The van der Waals surface area contributed by atoms with Crippen molar-refractivity contribution in [3.8, 4) is 17.7 Å².